The summed E-state index contributed by atoms with van der Waals surface area (Å²) in [4.78, 5) is 10.9. The zero-order chi connectivity index (χ0) is 19.4. The van der Waals surface area contributed by atoms with Crippen molar-refractivity contribution < 1.29 is 0 Å². The average molecular weight is 377 g/mol. The van der Waals surface area contributed by atoms with Crippen LogP contribution in [0, 0.1) is 17.3 Å². The molecule has 156 valence electrons. The lowest BCUT2D eigenvalue weighted by Gasteiger charge is -2.56. The Morgan fingerprint density at radius 1 is 0.704 bits per heavy atom. The molecule has 0 amide bonds. The predicted molar refractivity (Wildman–Crippen MR) is 114 cm³/mol. The van der Waals surface area contributed by atoms with E-state index in [0.29, 0.717) is 11.0 Å². The van der Waals surface area contributed by atoms with Gasteiger partial charge in [-0.3, -0.25) is 19.6 Å². The van der Waals surface area contributed by atoms with Gasteiger partial charge < -0.3 is 0 Å². The summed E-state index contributed by atoms with van der Waals surface area (Å²) < 4.78 is 0. The van der Waals surface area contributed by atoms with Crippen molar-refractivity contribution in [3.8, 4) is 0 Å². The molecule has 27 heavy (non-hydrogen) atoms. The van der Waals surface area contributed by atoms with Crippen LogP contribution in [0.25, 0.3) is 0 Å². The fraction of sp³-hybridized carbons (Fsp3) is 1.00. The normalized spacial score (nSPS) is 29.6. The predicted octanol–water partition coefficient (Wildman–Crippen LogP) is 2.84. The maximum absolute atomic E-state index is 2.80. The van der Waals surface area contributed by atoms with Gasteiger partial charge in [0, 0.05) is 63.4 Å². The SMILES string of the molecule is CC(C)(C)C1CCN(C2CN(C3CN(CC4CN(C(C)(C)C)C4)C3)C2)CC1. The van der Waals surface area contributed by atoms with Crippen LogP contribution >= 0.6 is 0 Å². The molecule has 0 spiro atoms. The summed E-state index contributed by atoms with van der Waals surface area (Å²) in [5.74, 6) is 1.84. The third kappa shape index (κ3) is 4.39. The van der Waals surface area contributed by atoms with E-state index in [0.717, 1.165) is 23.9 Å². The smallest absolute Gasteiger partial charge is 0.0351 e. The Kier molecular flexibility index (Phi) is 5.42. The van der Waals surface area contributed by atoms with Crippen molar-refractivity contribution in [2.24, 2.45) is 17.3 Å². The highest BCUT2D eigenvalue weighted by Gasteiger charge is 2.43. The van der Waals surface area contributed by atoms with E-state index in [-0.39, 0.29) is 0 Å². The Labute approximate surface area is 168 Å². The van der Waals surface area contributed by atoms with Crippen LogP contribution in [-0.4, -0.2) is 96.1 Å². The number of hydrogen-bond donors (Lipinski definition) is 0. The zero-order valence-corrected chi connectivity index (χ0v) is 18.9. The number of likely N-dealkylation sites (tertiary alicyclic amines) is 4. The van der Waals surface area contributed by atoms with E-state index in [1.54, 1.807) is 0 Å². The molecule has 0 saturated carbocycles. The summed E-state index contributed by atoms with van der Waals surface area (Å²) in [7, 11) is 0. The standard InChI is InChI=1S/C23H44N4/c1-22(2,3)19-7-9-25(10-8-19)21-16-26(17-21)20-14-24(15-20)11-18-12-27(13-18)23(4,5)6/h18-21H,7-17H2,1-6H3. The molecule has 4 heterocycles. The van der Waals surface area contributed by atoms with Crippen LogP contribution in [-0.2, 0) is 0 Å². The second-order valence-electron chi connectivity index (χ2n) is 12.1. The summed E-state index contributed by atoms with van der Waals surface area (Å²) in [5.41, 5.74) is 0.861. The Morgan fingerprint density at radius 3 is 1.78 bits per heavy atom. The first-order chi connectivity index (χ1) is 12.6. The molecule has 0 N–H and O–H groups in total. The largest absolute Gasteiger partial charge is 0.300 e. The van der Waals surface area contributed by atoms with Crippen LogP contribution in [0.5, 0.6) is 0 Å². The second-order valence-corrected chi connectivity index (χ2v) is 12.1. The van der Waals surface area contributed by atoms with Gasteiger partial charge in [0.1, 0.15) is 0 Å². The summed E-state index contributed by atoms with van der Waals surface area (Å²) in [5, 5.41) is 0. The Balaban J connectivity index is 1.09. The van der Waals surface area contributed by atoms with E-state index in [1.165, 1.54) is 71.7 Å². The van der Waals surface area contributed by atoms with Gasteiger partial charge in [0.05, 0.1) is 0 Å². The number of rotatable bonds is 4. The van der Waals surface area contributed by atoms with Crippen molar-refractivity contribution in [2.75, 3.05) is 58.9 Å². The van der Waals surface area contributed by atoms with Gasteiger partial charge in [0.15, 0.2) is 0 Å². The minimum absolute atomic E-state index is 0.363. The third-order valence-corrected chi connectivity index (χ3v) is 8.04. The summed E-state index contributed by atoms with van der Waals surface area (Å²) in [6, 6.07) is 1.71. The van der Waals surface area contributed by atoms with Crippen molar-refractivity contribution in [2.45, 2.75) is 72.0 Å². The van der Waals surface area contributed by atoms with Gasteiger partial charge in [0.2, 0.25) is 0 Å². The summed E-state index contributed by atoms with van der Waals surface area (Å²) in [6.45, 7) is 26.2. The first kappa shape index (κ1) is 20.1. The van der Waals surface area contributed by atoms with E-state index in [4.69, 9.17) is 0 Å². The highest BCUT2D eigenvalue weighted by molar-refractivity contribution is 5.00. The van der Waals surface area contributed by atoms with E-state index >= 15 is 0 Å². The van der Waals surface area contributed by atoms with Gasteiger partial charge in [-0.1, -0.05) is 20.8 Å². The molecule has 4 aliphatic heterocycles. The topological polar surface area (TPSA) is 13.0 Å². The molecule has 4 rings (SSSR count). The molecule has 0 aromatic rings. The van der Waals surface area contributed by atoms with Crippen LogP contribution in [0.3, 0.4) is 0 Å². The highest BCUT2D eigenvalue weighted by atomic mass is 15.4. The van der Waals surface area contributed by atoms with Gasteiger partial charge in [-0.05, 0) is 64.0 Å². The Hall–Kier alpha value is -0.160. The van der Waals surface area contributed by atoms with E-state index in [1.807, 2.05) is 0 Å². The molecular formula is C23H44N4. The highest BCUT2D eigenvalue weighted by Crippen LogP contribution is 2.36. The van der Waals surface area contributed by atoms with Crippen LogP contribution in [0.4, 0.5) is 0 Å². The molecular weight excluding hydrogens is 332 g/mol. The van der Waals surface area contributed by atoms with Crippen LogP contribution in [0.1, 0.15) is 54.4 Å². The minimum atomic E-state index is 0.363. The molecule has 4 nitrogen and oxygen atoms in total. The van der Waals surface area contributed by atoms with E-state index < -0.39 is 0 Å². The first-order valence-corrected chi connectivity index (χ1v) is 11.5. The Bertz CT molecular complexity index is 493. The zero-order valence-electron chi connectivity index (χ0n) is 18.9. The maximum Gasteiger partial charge on any atom is 0.0351 e. The van der Waals surface area contributed by atoms with Crippen molar-refractivity contribution in [1.29, 1.82) is 0 Å². The van der Waals surface area contributed by atoms with Crippen molar-refractivity contribution in [3.05, 3.63) is 0 Å². The molecule has 0 unspecified atom stereocenters. The molecule has 4 saturated heterocycles. The van der Waals surface area contributed by atoms with Crippen LogP contribution in [0.15, 0.2) is 0 Å². The molecule has 0 aromatic heterocycles. The van der Waals surface area contributed by atoms with E-state index in [9.17, 15) is 0 Å². The maximum atomic E-state index is 2.80. The molecule has 0 bridgehead atoms. The monoisotopic (exact) mass is 376 g/mol. The van der Waals surface area contributed by atoms with Crippen molar-refractivity contribution in [1.82, 2.24) is 19.6 Å². The molecule has 0 aliphatic carbocycles. The van der Waals surface area contributed by atoms with Gasteiger partial charge >= 0.3 is 0 Å². The average Bonchev–Trinajstić information content (AvgIpc) is 2.43. The van der Waals surface area contributed by atoms with Crippen molar-refractivity contribution >= 4 is 0 Å². The Morgan fingerprint density at radius 2 is 1.26 bits per heavy atom. The van der Waals surface area contributed by atoms with Gasteiger partial charge in [-0.25, -0.2) is 0 Å². The van der Waals surface area contributed by atoms with Crippen LogP contribution < -0.4 is 0 Å². The molecule has 0 atom stereocenters. The molecule has 4 fully saturated rings. The molecule has 0 radical (unpaired) electrons. The molecule has 4 aliphatic rings. The lowest BCUT2D eigenvalue weighted by atomic mass is 9.75. The van der Waals surface area contributed by atoms with Crippen LogP contribution in [0.2, 0.25) is 0 Å². The lowest BCUT2D eigenvalue weighted by Crippen LogP contribution is -2.71. The molecule has 4 heteroatoms. The first-order valence-electron chi connectivity index (χ1n) is 11.5. The quantitative estimate of drug-likeness (QED) is 0.748. The number of hydrogen-bond acceptors (Lipinski definition) is 4. The van der Waals surface area contributed by atoms with Gasteiger partial charge in [-0.2, -0.15) is 0 Å². The van der Waals surface area contributed by atoms with Crippen molar-refractivity contribution in [3.63, 3.8) is 0 Å². The number of nitrogens with zero attached hydrogens (tertiary/aromatic N) is 4. The van der Waals surface area contributed by atoms with Gasteiger partial charge in [-0.15, -0.1) is 0 Å². The molecule has 0 aromatic carbocycles. The lowest BCUT2D eigenvalue weighted by molar-refractivity contribution is -0.0755. The summed E-state index contributed by atoms with van der Waals surface area (Å²) in [6.07, 6.45) is 2.81. The third-order valence-electron chi connectivity index (χ3n) is 8.04. The fourth-order valence-corrected chi connectivity index (χ4v) is 5.67. The number of piperidine rings is 1. The van der Waals surface area contributed by atoms with E-state index in [2.05, 4.69) is 61.1 Å². The minimum Gasteiger partial charge on any atom is -0.300 e. The fourth-order valence-electron chi connectivity index (χ4n) is 5.67. The van der Waals surface area contributed by atoms with Gasteiger partial charge in [0.25, 0.3) is 0 Å². The second kappa shape index (κ2) is 7.27. The summed E-state index contributed by atoms with van der Waals surface area (Å²) >= 11 is 0.